The molecule has 1 atom stereocenters. The average molecular weight is 374 g/mol. The van der Waals surface area contributed by atoms with Crippen LogP contribution >= 0.6 is 11.6 Å². The highest BCUT2D eigenvalue weighted by Gasteiger charge is 2.28. The molecule has 0 radical (unpaired) electrons. The quantitative estimate of drug-likeness (QED) is 0.813. The number of hydrogen-bond donors (Lipinski definition) is 1. The predicted octanol–water partition coefficient (Wildman–Crippen LogP) is 3.64. The van der Waals surface area contributed by atoms with Crippen molar-refractivity contribution in [1.29, 1.82) is 0 Å². The lowest BCUT2D eigenvalue weighted by atomic mass is 9.97. The van der Waals surface area contributed by atoms with Gasteiger partial charge in [0, 0.05) is 10.7 Å². The number of hydrogen-bond acceptors (Lipinski definition) is 4. The molecule has 0 fully saturated rings. The summed E-state index contributed by atoms with van der Waals surface area (Å²) in [6, 6.07) is 12.9. The third-order valence-electron chi connectivity index (χ3n) is 4.23. The maximum absolute atomic E-state index is 12.2. The molecular weight excluding hydrogens is 354 g/mol. The Labute approximate surface area is 157 Å². The zero-order valence-corrected chi connectivity index (χ0v) is 15.2. The molecule has 1 amide bonds. The van der Waals surface area contributed by atoms with Gasteiger partial charge in [-0.05, 0) is 54.3 Å². The summed E-state index contributed by atoms with van der Waals surface area (Å²) in [6.45, 7) is 1.95. The molecule has 0 bridgehead atoms. The van der Waals surface area contributed by atoms with Crippen LogP contribution in [-0.4, -0.2) is 25.1 Å². The molecule has 26 heavy (non-hydrogen) atoms. The number of benzene rings is 2. The summed E-state index contributed by atoms with van der Waals surface area (Å²) < 4.78 is 10.7. The van der Waals surface area contributed by atoms with Crippen LogP contribution in [0.3, 0.4) is 0 Å². The minimum atomic E-state index is -0.451. The SMILES string of the molecule is CCc1cccc(NC(=O)COC(=O)[C@@H]2COc3ccc(Cl)cc3C2)c1. The van der Waals surface area contributed by atoms with E-state index in [1.54, 1.807) is 24.3 Å². The van der Waals surface area contributed by atoms with Crippen molar-refractivity contribution in [2.24, 2.45) is 5.92 Å². The summed E-state index contributed by atoms with van der Waals surface area (Å²) in [5, 5.41) is 3.33. The minimum Gasteiger partial charge on any atom is -0.492 e. The molecule has 3 rings (SSSR count). The first kappa shape index (κ1) is 18.3. The molecule has 1 aliphatic heterocycles. The van der Waals surface area contributed by atoms with E-state index >= 15 is 0 Å². The van der Waals surface area contributed by atoms with Crippen molar-refractivity contribution in [3.05, 3.63) is 58.6 Å². The number of ether oxygens (including phenoxy) is 2. The van der Waals surface area contributed by atoms with Crippen molar-refractivity contribution >= 4 is 29.2 Å². The van der Waals surface area contributed by atoms with E-state index in [1.165, 1.54) is 0 Å². The lowest BCUT2D eigenvalue weighted by Gasteiger charge is -2.24. The second-order valence-electron chi connectivity index (χ2n) is 6.17. The fraction of sp³-hybridized carbons (Fsp3) is 0.300. The molecule has 1 aliphatic rings. The van der Waals surface area contributed by atoms with E-state index in [2.05, 4.69) is 5.32 Å². The summed E-state index contributed by atoms with van der Waals surface area (Å²) in [6.07, 6.45) is 1.36. The average Bonchev–Trinajstić information content (AvgIpc) is 2.65. The van der Waals surface area contributed by atoms with Crippen molar-refractivity contribution in [2.75, 3.05) is 18.5 Å². The monoisotopic (exact) mass is 373 g/mol. The lowest BCUT2D eigenvalue weighted by Crippen LogP contribution is -2.32. The van der Waals surface area contributed by atoms with Gasteiger partial charge in [0.1, 0.15) is 12.4 Å². The van der Waals surface area contributed by atoms with Gasteiger partial charge < -0.3 is 14.8 Å². The van der Waals surface area contributed by atoms with Crippen LogP contribution in [0.25, 0.3) is 0 Å². The van der Waals surface area contributed by atoms with Gasteiger partial charge in [0.15, 0.2) is 6.61 Å². The Morgan fingerprint density at radius 3 is 2.92 bits per heavy atom. The Bertz CT molecular complexity index is 821. The Hall–Kier alpha value is -2.53. The fourth-order valence-electron chi connectivity index (χ4n) is 2.84. The van der Waals surface area contributed by atoms with E-state index in [4.69, 9.17) is 21.1 Å². The van der Waals surface area contributed by atoms with E-state index in [1.807, 2.05) is 25.1 Å². The van der Waals surface area contributed by atoms with Crippen LogP contribution in [0.4, 0.5) is 5.69 Å². The van der Waals surface area contributed by atoms with Crippen LogP contribution in [0.2, 0.25) is 5.02 Å². The molecular formula is C20H20ClNO4. The zero-order chi connectivity index (χ0) is 18.5. The maximum Gasteiger partial charge on any atom is 0.313 e. The van der Waals surface area contributed by atoms with Crippen molar-refractivity contribution < 1.29 is 19.1 Å². The Balaban J connectivity index is 1.51. The largest absolute Gasteiger partial charge is 0.492 e. The number of nitrogens with one attached hydrogen (secondary N) is 1. The number of anilines is 1. The van der Waals surface area contributed by atoms with Gasteiger partial charge in [-0.15, -0.1) is 0 Å². The molecule has 0 unspecified atom stereocenters. The number of rotatable bonds is 5. The number of carbonyl (C=O) groups is 2. The van der Waals surface area contributed by atoms with Gasteiger partial charge in [0.25, 0.3) is 5.91 Å². The van der Waals surface area contributed by atoms with Gasteiger partial charge in [0.05, 0.1) is 5.92 Å². The molecule has 0 spiro atoms. The van der Waals surface area contributed by atoms with Gasteiger partial charge in [-0.3, -0.25) is 9.59 Å². The maximum atomic E-state index is 12.2. The smallest absolute Gasteiger partial charge is 0.313 e. The highest BCUT2D eigenvalue weighted by Crippen LogP contribution is 2.30. The molecule has 0 aliphatic carbocycles. The van der Waals surface area contributed by atoms with Crippen molar-refractivity contribution in [3.63, 3.8) is 0 Å². The molecule has 0 aromatic heterocycles. The third kappa shape index (κ3) is 4.55. The second kappa shape index (κ2) is 8.23. The van der Waals surface area contributed by atoms with Gasteiger partial charge in [-0.2, -0.15) is 0 Å². The number of halogens is 1. The molecule has 6 heteroatoms. The number of esters is 1. The lowest BCUT2D eigenvalue weighted by molar-refractivity contribution is -0.152. The van der Waals surface area contributed by atoms with Crippen LogP contribution in [0.15, 0.2) is 42.5 Å². The number of amides is 1. The summed E-state index contributed by atoms with van der Waals surface area (Å²) in [4.78, 5) is 24.2. The Morgan fingerprint density at radius 1 is 1.27 bits per heavy atom. The zero-order valence-electron chi connectivity index (χ0n) is 14.5. The van der Waals surface area contributed by atoms with E-state index < -0.39 is 11.9 Å². The van der Waals surface area contributed by atoms with Crippen LogP contribution in [-0.2, 0) is 27.2 Å². The summed E-state index contributed by atoms with van der Waals surface area (Å²) in [5.41, 5.74) is 2.68. The highest BCUT2D eigenvalue weighted by molar-refractivity contribution is 6.30. The van der Waals surface area contributed by atoms with E-state index in [-0.39, 0.29) is 19.1 Å². The molecule has 0 saturated carbocycles. The Morgan fingerprint density at radius 2 is 2.12 bits per heavy atom. The molecule has 5 nitrogen and oxygen atoms in total. The third-order valence-corrected chi connectivity index (χ3v) is 4.46. The second-order valence-corrected chi connectivity index (χ2v) is 6.61. The van der Waals surface area contributed by atoms with Crippen LogP contribution in [0.5, 0.6) is 5.75 Å². The minimum absolute atomic E-state index is 0.230. The fourth-order valence-corrected chi connectivity index (χ4v) is 3.03. The first-order chi connectivity index (χ1) is 12.5. The molecule has 136 valence electrons. The molecule has 0 saturated heterocycles. The van der Waals surface area contributed by atoms with Gasteiger partial charge in [-0.1, -0.05) is 30.7 Å². The number of carbonyl (C=O) groups excluding carboxylic acids is 2. The van der Waals surface area contributed by atoms with E-state index in [0.717, 1.165) is 23.3 Å². The van der Waals surface area contributed by atoms with Crippen LogP contribution in [0, 0.1) is 5.92 Å². The van der Waals surface area contributed by atoms with Crippen LogP contribution < -0.4 is 10.1 Å². The van der Waals surface area contributed by atoms with E-state index in [0.29, 0.717) is 17.1 Å². The standard InChI is InChI=1S/C20H20ClNO4/c1-2-13-4-3-5-17(8-13)22-19(23)12-26-20(24)15-9-14-10-16(21)6-7-18(14)25-11-15/h3-8,10,15H,2,9,11-12H2,1H3,(H,22,23)/t15-/m0/s1. The van der Waals surface area contributed by atoms with Crippen molar-refractivity contribution in [2.45, 2.75) is 19.8 Å². The Kier molecular flexibility index (Phi) is 5.78. The first-order valence-electron chi connectivity index (χ1n) is 8.52. The number of fused-ring (bicyclic) bond motifs is 1. The normalized spacial score (nSPS) is 15.5. The van der Waals surface area contributed by atoms with Crippen LogP contribution in [0.1, 0.15) is 18.1 Å². The summed E-state index contributed by atoms with van der Waals surface area (Å²) >= 11 is 5.98. The highest BCUT2D eigenvalue weighted by atomic mass is 35.5. The van der Waals surface area contributed by atoms with Crippen molar-refractivity contribution in [3.8, 4) is 5.75 Å². The van der Waals surface area contributed by atoms with Gasteiger partial charge >= 0.3 is 5.97 Å². The number of aryl methyl sites for hydroxylation is 1. The molecule has 1 N–H and O–H groups in total. The first-order valence-corrected chi connectivity index (χ1v) is 8.89. The van der Waals surface area contributed by atoms with Gasteiger partial charge in [0.2, 0.25) is 0 Å². The summed E-state index contributed by atoms with van der Waals surface area (Å²) in [5.74, 6) is -0.538. The van der Waals surface area contributed by atoms with E-state index in [9.17, 15) is 9.59 Å². The topological polar surface area (TPSA) is 64.6 Å². The predicted molar refractivity (Wildman–Crippen MR) is 99.5 cm³/mol. The molecule has 2 aromatic rings. The van der Waals surface area contributed by atoms with Gasteiger partial charge in [-0.25, -0.2) is 0 Å². The summed E-state index contributed by atoms with van der Waals surface area (Å²) in [7, 11) is 0. The molecule has 1 heterocycles. The van der Waals surface area contributed by atoms with Crippen molar-refractivity contribution in [1.82, 2.24) is 0 Å². The molecule has 2 aromatic carbocycles.